The van der Waals surface area contributed by atoms with Crippen LogP contribution in [0.4, 0.5) is 5.69 Å². The van der Waals surface area contributed by atoms with E-state index in [2.05, 4.69) is 15.0 Å². The van der Waals surface area contributed by atoms with E-state index in [1.54, 1.807) is 19.1 Å². The number of thiazole rings is 1. The highest BCUT2D eigenvalue weighted by Crippen LogP contribution is 2.28. The number of ether oxygens (including phenoxy) is 2. The average Bonchev–Trinajstić information content (AvgIpc) is 3.14. The van der Waals surface area contributed by atoms with Crippen molar-refractivity contribution in [2.45, 2.75) is 6.92 Å². The fourth-order valence-electron chi connectivity index (χ4n) is 2.49. The lowest BCUT2D eigenvalue weighted by Crippen LogP contribution is -2.20. The molecule has 0 bridgehead atoms. The molecule has 7 nitrogen and oxygen atoms in total. The Balaban J connectivity index is 1.57. The Morgan fingerprint density at radius 3 is 2.34 bits per heavy atom. The molecule has 29 heavy (non-hydrogen) atoms. The van der Waals surface area contributed by atoms with Gasteiger partial charge in [-0.25, -0.2) is 14.6 Å². The number of nitrogens with one attached hydrogen (secondary N) is 1. The molecule has 1 aromatic heterocycles. The van der Waals surface area contributed by atoms with Crippen molar-refractivity contribution >= 4 is 34.9 Å². The third-order valence-electron chi connectivity index (χ3n) is 3.93. The van der Waals surface area contributed by atoms with Gasteiger partial charge in [0, 0.05) is 11.3 Å². The summed E-state index contributed by atoms with van der Waals surface area (Å²) in [6, 6.07) is 15.7. The molecule has 0 saturated carbocycles. The zero-order valence-corrected chi connectivity index (χ0v) is 16.6. The van der Waals surface area contributed by atoms with Crippen LogP contribution >= 0.6 is 11.3 Å². The number of carbonyl (C=O) groups is 3. The van der Waals surface area contributed by atoms with Crippen LogP contribution in [-0.2, 0) is 14.3 Å². The highest BCUT2D eigenvalue weighted by atomic mass is 32.1. The van der Waals surface area contributed by atoms with E-state index in [1.165, 1.54) is 30.6 Å². The lowest BCUT2D eigenvalue weighted by molar-refractivity contribution is -0.119. The number of rotatable bonds is 6. The highest BCUT2D eigenvalue weighted by molar-refractivity contribution is 7.17. The fraction of sp³-hybridized carbons (Fsp3) is 0.143. The molecule has 148 valence electrons. The standard InChI is InChI=1S/C21H18N2O5S/c1-13-18(29-19(22-13)14-6-4-3-5-7-14)21(26)28-12-17(24)23-16-10-8-15(9-11-16)20(25)27-2/h3-11H,12H2,1-2H3,(H,23,24). The van der Waals surface area contributed by atoms with Crippen LogP contribution in [0.15, 0.2) is 54.6 Å². The van der Waals surface area contributed by atoms with Gasteiger partial charge in [-0.1, -0.05) is 30.3 Å². The van der Waals surface area contributed by atoms with E-state index in [0.717, 1.165) is 5.56 Å². The van der Waals surface area contributed by atoms with E-state index in [1.807, 2.05) is 30.3 Å². The van der Waals surface area contributed by atoms with Crippen LogP contribution in [-0.4, -0.2) is 36.5 Å². The first-order valence-electron chi connectivity index (χ1n) is 8.66. The van der Waals surface area contributed by atoms with Gasteiger partial charge in [-0.15, -0.1) is 11.3 Å². The van der Waals surface area contributed by atoms with Crippen LogP contribution < -0.4 is 5.32 Å². The predicted molar refractivity (Wildman–Crippen MR) is 109 cm³/mol. The Hall–Kier alpha value is -3.52. The summed E-state index contributed by atoms with van der Waals surface area (Å²) in [5.41, 5.74) is 2.30. The maximum Gasteiger partial charge on any atom is 0.350 e. The van der Waals surface area contributed by atoms with Crippen molar-refractivity contribution in [3.8, 4) is 10.6 Å². The van der Waals surface area contributed by atoms with Gasteiger partial charge >= 0.3 is 11.9 Å². The molecular weight excluding hydrogens is 392 g/mol. The molecule has 2 aromatic carbocycles. The zero-order chi connectivity index (χ0) is 20.8. The van der Waals surface area contributed by atoms with Gasteiger partial charge in [0.15, 0.2) is 6.61 Å². The van der Waals surface area contributed by atoms with Crippen molar-refractivity contribution in [3.05, 3.63) is 70.7 Å². The number of methoxy groups -OCH3 is 1. The topological polar surface area (TPSA) is 94.6 Å². The van der Waals surface area contributed by atoms with Crippen molar-refractivity contribution in [2.75, 3.05) is 19.0 Å². The predicted octanol–water partition coefficient (Wildman–Crippen LogP) is 3.70. The number of aromatic nitrogens is 1. The summed E-state index contributed by atoms with van der Waals surface area (Å²) in [6.07, 6.45) is 0. The first-order valence-corrected chi connectivity index (χ1v) is 9.48. The summed E-state index contributed by atoms with van der Waals surface area (Å²) in [5.74, 6) is -1.56. The minimum absolute atomic E-state index is 0.360. The van der Waals surface area contributed by atoms with Crippen LogP contribution in [0.1, 0.15) is 25.7 Å². The van der Waals surface area contributed by atoms with Crippen molar-refractivity contribution < 1.29 is 23.9 Å². The maximum absolute atomic E-state index is 12.3. The molecule has 0 spiro atoms. The molecule has 0 aliphatic heterocycles. The minimum Gasteiger partial charge on any atom is -0.465 e. The summed E-state index contributed by atoms with van der Waals surface area (Å²) in [6.45, 7) is 1.29. The van der Waals surface area contributed by atoms with Crippen LogP contribution in [0.3, 0.4) is 0 Å². The van der Waals surface area contributed by atoms with E-state index < -0.39 is 24.5 Å². The SMILES string of the molecule is COC(=O)c1ccc(NC(=O)COC(=O)c2sc(-c3ccccc3)nc2C)cc1. The van der Waals surface area contributed by atoms with Gasteiger partial charge < -0.3 is 14.8 Å². The second kappa shape index (κ2) is 9.11. The molecule has 0 unspecified atom stereocenters. The molecule has 0 fully saturated rings. The summed E-state index contributed by atoms with van der Waals surface area (Å²) < 4.78 is 9.73. The molecular formula is C21H18N2O5S. The molecule has 1 N–H and O–H groups in total. The van der Waals surface area contributed by atoms with Gasteiger partial charge in [0.05, 0.1) is 18.4 Å². The number of amides is 1. The average molecular weight is 410 g/mol. The molecule has 1 amide bonds. The maximum atomic E-state index is 12.3. The van der Waals surface area contributed by atoms with Crippen LogP contribution in [0.25, 0.3) is 10.6 Å². The summed E-state index contributed by atoms with van der Waals surface area (Å²) in [7, 11) is 1.29. The largest absolute Gasteiger partial charge is 0.465 e. The second-order valence-electron chi connectivity index (χ2n) is 5.99. The van der Waals surface area contributed by atoms with Crippen molar-refractivity contribution in [3.63, 3.8) is 0 Å². The Labute approximate surface area is 171 Å². The molecule has 0 saturated heterocycles. The van der Waals surface area contributed by atoms with Crippen molar-refractivity contribution in [1.29, 1.82) is 0 Å². The molecule has 3 aromatic rings. The zero-order valence-electron chi connectivity index (χ0n) is 15.8. The van der Waals surface area contributed by atoms with E-state index in [9.17, 15) is 14.4 Å². The lowest BCUT2D eigenvalue weighted by atomic mass is 10.2. The third kappa shape index (κ3) is 5.05. The Morgan fingerprint density at radius 2 is 1.69 bits per heavy atom. The normalized spacial score (nSPS) is 10.3. The monoisotopic (exact) mass is 410 g/mol. The number of benzene rings is 2. The van der Waals surface area contributed by atoms with Crippen molar-refractivity contribution in [2.24, 2.45) is 0 Å². The molecule has 0 aliphatic carbocycles. The number of esters is 2. The van der Waals surface area contributed by atoms with Crippen LogP contribution in [0.5, 0.6) is 0 Å². The van der Waals surface area contributed by atoms with Gasteiger partial charge in [-0.05, 0) is 31.2 Å². The van der Waals surface area contributed by atoms with Gasteiger partial charge in [-0.3, -0.25) is 4.79 Å². The van der Waals surface area contributed by atoms with Crippen LogP contribution in [0, 0.1) is 6.92 Å². The summed E-state index contributed by atoms with van der Waals surface area (Å²) in [4.78, 5) is 40.6. The summed E-state index contributed by atoms with van der Waals surface area (Å²) in [5, 5.41) is 3.31. The number of carbonyl (C=O) groups excluding carboxylic acids is 3. The summed E-state index contributed by atoms with van der Waals surface area (Å²) >= 11 is 1.22. The van der Waals surface area contributed by atoms with Gasteiger partial charge in [0.2, 0.25) is 0 Å². The van der Waals surface area contributed by atoms with Crippen LogP contribution in [0.2, 0.25) is 0 Å². The molecule has 3 rings (SSSR count). The molecule has 0 radical (unpaired) electrons. The van der Waals surface area contributed by atoms with Gasteiger partial charge in [-0.2, -0.15) is 0 Å². The molecule has 0 aliphatic rings. The number of hydrogen-bond acceptors (Lipinski definition) is 7. The third-order valence-corrected chi connectivity index (χ3v) is 5.11. The van der Waals surface area contributed by atoms with E-state index in [0.29, 0.717) is 26.8 Å². The van der Waals surface area contributed by atoms with Gasteiger partial charge in [0.1, 0.15) is 9.88 Å². The van der Waals surface area contributed by atoms with E-state index >= 15 is 0 Å². The molecule has 0 atom stereocenters. The lowest BCUT2D eigenvalue weighted by Gasteiger charge is -2.07. The van der Waals surface area contributed by atoms with E-state index in [-0.39, 0.29) is 0 Å². The smallest absolute Gasteiger partial charge is 0.350 e. The fourth-order valence-corrected chi connectivity index (χ4v) is 3.46. The second-order valence-corrected chi connectivity index (χ2v) is 6.99. The first kappa shape index (κ1) is 20.2. The Kier molecular flexibility index (Phi) is 6.36. The van der Waals surface area contributed by atoms with Gasteiger partial charge in [0.25, 0.3) is 5.91 Å². The quantitative estimate of drug-likeness (QED) is 0.623. The number of aryl methyl sites for hydroxylation is 1. The van der Waals surface area contributed by atoms with E-state index in [4.69, 9.17) is 4.74 Å². The Bertz CT molecular complexity index is 1030. The first-order chi connectivity index (χ1) is 14.0. The molecule has 1 heterocycles. The number of anilines is 1. The molecule has 8 heteroatoms. The minimum atomic E-state index is -0.599. The highest BCUT2D eigenvalue weighted by Gasteiger charge is 2.18. The van der Waals surface area contributed by atoms with Crippen molar-refractivity contribution in [1.82, 2.24) is 4.98 Å². The number of nitrogens with zero attached hydrogens (tertiary/aromatic N) is 1. The Morgan fingerprint density at radius 1 is 1.00 bits per heavy atom. The number of hydrogen-bond donors (Lipinski definition) is 1.